The van der Waals surface area contributed by atoms with Gasteiger partial charge in [-0.15, -0.1) is 0 Å². The highest BCUT2D eigenvalue weighted by molar-refractivity contribution is 6.01. The first-order valence-corrected chi connectivity index (χ1v) is 9.87. The topological polar surface area (TPSA) is 87.6 Å². The molecule has 0 saturated carbocycles. The van der Waals surface area contributed by atoms with E-state index in [1.54, 1.807) is 6.20 Å². The molecule has 1 aliphatic rings. The zero-order valence-corrected chi connectivity index (χ0v) is 15.9. The number of aromatic amines is 1. The number of nitrogens with zero attached hydrogens (tertiary/aromatic N) is 3. The van der Waals surface area contributed by atoms with E-state index in [0.717, 1.165) is 48.1 Å². The Morgan fingerprint density at radius 2 is 1.90 bits per heavy atom. The van der Waals surface area contributed by atoms with Gasteiger partial charge in [-0.1, -0.05) is 18.2 Å². The van der Waals surface area contributed by atoms with Crippen LogP contribution in [0.4, 0.5) is 11.5 Å². The van der Waals surface area contributed by atoms with Gasteiger partial charge in [0.15, 0.2) is 0 Å². The standard InChI is InChI=1S/C22H22N6O/c29-22-20-18(8-11-24-22)19(13-25-21(20)27-16-4-2-1-3-5-16)15-12-26-28(14-15)17-6-9-23-10-7-17/h1-5,8,11-14,17,23H,6-7,9-10H2,(H,24,29)(H,25,27). The van der Waals surface area contributed by atoms with Crippen LogP contribution in [0.1, 0.15) is 18.9 Å². The van der Waals surface area contributed by atoms with Crippen LogP contribution in [0.5, 0.6) is 0 Å². The number of fused-ring (bicyclic) bond motifs is 1. The lowest BCUT2D eigenvalue weighted by atomic mass is 10.0. The summed E-state index contributed by atoms with van der Waals surface area (Å²) in [5, 5.41) is 12.6. The van der Waals surface area contributed by atoms with E-state index in [-0.39, 0.29) is 5.56 Å². The highest BCUT2D eigenvalue weighted by Gasteiger charge is 2.18. The van der Waals surface area contributed by atoms with Crippen LogP contribution in [-0.4, -0.2) is 32.8 Å². The van der Waals surface area contributed by atoms with Gasteiger partial charge in [0.1, 0.15) is 5.82 Å². The minimum absolute atomic E-state index is 0.166. The molecule has 0 amide bonds. The first kappa shape index (κ1) is 17.6. The largest absolute Gasteiger partial charge is 0.340 e. The predicted octanol–water partition coefficient (Wildman–Crippen LogP) is 3.45. The van der Waals surface area contributed by atoms with E-state index < -0.39 is 0 Å². The predicted molar refractivity (Wildman–Crippen MR) is 114 cm³/mol. The fourth-order valence-corrected chi connectivity index (χ4v) is 3.93. The van der Waals surface area contributed by atoms with E-state index >= 15 is 0 Å². The molecular formula is C22H22N6O. The number of H-pyrrole nitrogens is 1. The van der Waals surface area contributed by atoms with Gasteiger partial charge >= 0.3 is 0 Å². The number of pyridine rings is 2. The van der Waals surface area contributed by atoms with Crippen molar-refractivity contribution >= 4 is 22.3 Å². The van der Waals surface area contributed by atoms with Gasteiger partial charge in [0.2, 0.25) is 0 Å². The number of rotatable bonds is 4. The number of benzene rings is 1. The molecule has 3 N–H and O–H groups in total. The molecule has 7 heteroatoms. The van der Waals surface area contributed by atoms with E-state index in [2.05, 4.69) is 31.9 Å². The number of hydrogen-bond donors (Lipinski definition) is 3. The van der Waals surface area contributed by atoms with Crippen LogP contribution < -0.4 is 16.2 Å². The molecule has 146 valence electrons. The zero-order chi connectivity index (χ0) is 19.6. The number of para-hydroxylation sites is 1. The van der Waals surface area contributed by atoms with Crippen molar-refractivity contribution in [3.63, 3.8) is 0 Å². The third-order valence-electron chi connectivity index (χ3n) is 5.44. The summed E-state index contributed by atoms with van der Waals surface area (Å²) in [6, 6.07) is 12.1. The van der Waals surface area contributed by atoms with Gasteiger partial charge in [0.25, 0.3) is 5.56 Å². The molecule has 0 aliphatic carbocycles. The molecule has 3 aromatic heterocycles. The van der Waals surface area contributed by atoms with Crippen molar-refractivity contribution < 1.29 is 0 Å². The number of hydrogen-bond acceptors (Lipinski definition) is 5. The summed E-state index contributed by atoms with van der Waals surface area (Å²) in [6.07, 6.45) is 9.57. The average Bonchev–Trinajstić information content (AvgIpc) is 3.25. The van der Waals surface area contributed by atoms with Gasteiger partial charge in [-0.05, 0) is 44.1 Å². The Kier molecular flexibility index (Phi) is 4.57. The highest BCUT2D eigenvalue weighted by Crippen LogP contribution is 2.31. The smallest absolute Gasteiger partial charge is 0.259 e. The SMILES string of the molecule is O=c1[nH]ccc2c(-c3cnn(C4CCNCC4)c3)cnc(Nc3ccccc3)c12. The van der Waals surface area contributed by atoms with Gasteiger partial charge in [0.05, 0.1) is 17.6 Å². The van der Waals surface area contributed by atoms with Crippen molar-refractivity contribution in [2.75, 3.05) is 18.4 Å². The van der Waals surface area contributed by atoms with Crippen LogP contribution in [0.15, 0.2) is 66.0 Å². The molecule has 4 aromatic rings. The van der Waals surface area contributed by atoms with E-state index in [1.165, 1.54) is 0 Å². The number of aromatic nitrogens is 4. The maximum absolute atomic E-state index is 12.7. The van der Waals surface area contributed by atoms with Crippen molar-refractivity contribution in [1.29, 1.82) is 0 Å². The minimum atomic E-state index is -0.166. The molecule has 5 rings (SSSR count). The third-order valence-corrected chi connectivity index (χ3v) is 5.44. The van der Waals surface area contributed by atoms with Crippen LogP contribution in [0.3, 0.4) is 0 Å². The van der Waals surface area contributed by atoms with Gasteiger partial charge in [-0.25, -0.2) is 4.98 Å². The molecule has 7 nitrogen and oxygen atoms in total. The number of piperidine rings is 1. The molecule has 0 atom stereocenters. The van der Waals surface area contributed by atoms with Crippen LogP contribution in [0, 0.1) is 0 Å². The molecule has 0 radical (unpaired) electrons. The van der Waals surface area contributed by atoms with E-state index in [0.29, 0.717) is 17.2 Å². The van der Waals surface area contributed by atoms with Crippen molar-refractivity contribution in [2.45, 2.75) is 18.9 Å². The monoisotopic (exact) mass is 386 g/mol. The van der Waals surface area contributed by atoms with Crippen LogP contribution >= 0.6 is 0 Å². The first-order chi connectivity index (χ1) is 14.3. The molecule has 29 heavy (non-hydrogen) atoms. The summed E-state index contributed by atoms with van der Waals surface area (Å²) < 4.78 is 2.05. The molecule has 1 saturated heterocycles. The molecule has 4 heterocycles. The first-order valence-electron chi connectivity index (χ1n) is 9.87. The third kappa shape index (κ3) is 3.40. The molecule has 0 bridgehead atoms. The fraction of sp³-hybridized carbons (Fsp3) is 0.227. The molecule has 1 aromatic carbocycles. The molecule has 0 unspecified atom stereocenters. The minimum Gasteiger partial charge on any atom is -0.340 e. The van der Waals surface area contributed by atoms with Crippen molar-refractivity contribution in [2.24, 2.45) is 0 Å². The normalized spacial score (nSPS) is 14.9. The Morgan fingerprint density at radius 3 is 2.72 bits per heavy atom. The average molecular weight is 386 g/mol. The lowest BCUT2D eigenvalue weighted by molar-refractivity contribution is 0.343. The van der Waals surface area contributed by atoms with Gasteiger partial charge < -0.3 is 15.6 Å². The summed E-state index contributed by atoms with van der Waals surface area (Å²) in [4.78, 5) is 20.0. The molecular weight excluding hydrogens is 364 g/mol. The van der Waals surface area contributed by atoms with Gasteiger partial charge in [0, 0.05) is 40.8 Å². The number of anilines is 2. The van der Waals surface area contributed by atoms with Crippen LogP contribution in [0.25, 0.3) is 21.9 Å². The summed E-state index contributed by atoms with van der Waals surface area (Å²) in [5.41, 5.74) is 2.60. The Hall–Kier alpha value is -3.45. The summed E-state index contributed by atoms with van der Waals surface area (Å²) in [6.45, 7) is 2.03. The summed E-state index contributed by atoms with van der Waals surface area (Å²) in [5.74, 6) is 0.544. The second kappa shape index (κ2) is 7.52. The number of nitrogens with one attached hydrogen (secondary N) is 3. The van der Waals surface area contributed by atoms with Crippen molar-refractivity contribution in [3.8, 4) is 11.1 Å². The van der Waals surface area contributed by atoms with E-state index in [9.17, 15) is 4.79 Å². The van der Waals surface area contributed by atoms with Gasteiger partial charge in [-0.2, -0.15) is 5.10 Å². The lowest BCUT2D eigenvalue weighted by Crippen LogP contribution is -2.29. The Balaban J connectivity index is 1.57. The van der Waals surface area contributed by atoms with E-state index in [1.807, 2.05) is 53.5 Å². The quantitative estimate of drug-likeness (QED) is 0.500. The summed E-state index contributed by atoms with van der Waals surface area (Å²) in [7, 11) is 0. The second-order valence-corrected chi connectivity index (χ2v) is 7.30. The van der Waals surface area contributed by atoms with Crippen LogP contribution in [0.2, 0.25) is 0 Å². The second-order valence-electron chi connectivity index (χ2n) is 7.30. The Bertz CT molecular complexity index is 1190. The zero-order valence-electron chi connectivity index (χ0n) is 15.9. The van der Waals surface area contributed by atoms with Crippen molar-refractivity contribution in [3.05, 3.63) is 71.5 Å². The highest BCUT2D eigenvalue weighted by atomic mass is 16.1. The van der Waals surface area contributed by atoms with Gasteiger partial charge in [-0.3, -0.25) is 9.48 Å². The Labute approximate surface area is 167 Å². The lowest BCUT2D eigenvalue weighted by Gasteiger charge is -2.22. The summed E-state index contributed by atoms with van der Waals surface area (Å²) >= 11 is 0. The van der Waals surface area contributed by atoms with Crippen molar-refractivity contribution in [1.82, 2.24) is 25.1 Å². The fourth-order valence-electron chi connectivity index (χ4n) is 3.93. The molecule has 1 aliphatic heterocycles. The van der Waals surface area contributed by atoms with Crippen LogP contribution in [-0.2, 0) is 0 Å². The van der Waals surface area contributed by atoms with E-state index in [4.69, 9.17) is 0 Å². The molecule has 1 fully saturated rings. The maximum Gasteiger partial charge on any atom is 0.259 e. The molecule has 0 spiro atoms. The maximum atomic E-state index is 12.7. The Morgan fingerprint density at radius 1 is 1.07 bits per heavy atom.